The third kappa shape index (κ3) is 4.31. The monoisotopic (exact) mass is 456 g/mol. The second kappa shape index (κ2) is 9.22. The van der Waals surface area contributed by atoms with Gasteiger partial charge in [0.25, 0.3) is 5.91 Å². The lowest BCUT2D eigenvalue weighted by Gasteiger charge is -2.28. The average molecular weight is 457 g/mol. The Morgan fingerprint density at radius 2 is 1.78 bits per heavy atom. The summed E-state index contributed by atoms with van der Waals surface area (Å²) in [5.41, 5.74) is 0.904. The minimum Gasteiger partial charge on any atom is -0.872 e. The number of amides is 1. The molecule has 0 aromatic heterocycles. The lowest BCUT2D eigenvalue weighted by Crippen LogP contribution is -3.05. The van der Waals surface area contributed by atoms with Crippen molar-refractivity contribution in [2.45, 2.75) is 12.5 Å². The molecule has 7 nitrogen and oxygen atoms in total. The Labute approximate surface area is 191 Å². The summed E-state index contributed by atoms with van der Waals surface area (Å²) in [4.78, 5) is 28.7. The largest absolute Gasteiger partial charge is 0.872 e. The summed E-state index contributed by atoms with van der Waals surface area (Å²) in [6.45, 7) is 2.03. The summed E-state index contributed by atoms with van der Waals surface area (Å²) in [5, 5.41) is 14.0. The number of Topliss-reactive ketones (excluding diaryl/α,β-unsaturated/α-hetero) is 1. The maximum atomic E-state index is 13.5. The molecule has 2 heterocycles. The summed E-state index contributed by atoms with van der Waals surface area (Å²) in [7, 11) is 4.05. The standard InChI is InChI=1S/C24H25ClN2O5/c1-26(2)10-3-11-27-21(15-4-7-17(25)8-5-15)20(23(29)24(27)30)22(28)16-6-9-18-19(14-16)32-13-12-31-18/h4-9,14,21,28H,3,10-13H2,1-2H3. The summed E-state index contributed by atoms with van der Waals surface area (Å²) in [5.74, 6) is -0.898. The summed E-state index contributed by atoms with van der Waals surface area (Å²) in [6.07, 6.45) is 0.705. The molecule has 168 valence electrons. The number of benzene rings is 2. The molecule has 1 amide bonds. The molecule has 32 heavy (non-hydrogen) atoms. The normalized spacial score (nSPS) is 19.6. The number of likely N-dealkylation sites (tertiary alicyclic amines) is 1. The van der Waals surface area contributed by atoms with Crippen LogP contribution in [-0.4, -0.2) is 57.0 Å². The number of rotatable bonds is 6. The predicted octanol–water partition coefficient (Wildman–Crippen LogP) is 0.870. The molecule has 0 aliphatic carbocycles. The van der Waals surface area contributed by atoms with Gasteiger partial charge in [-0.05, 0) is 35.4 Å². The van der Waals surface area contributed by atoms with E-state index in [0.717, 1.165) is 6.54 Å². The highest BCUT2D eigenvalue weighted by Crippen LogP contribution is 2.40. The zero-order valence-electron chi connectivity index (χ0n) is 18.0. The van der Waals surface area contributed by atoms with E-state index in [2.05, 4.69) is 0 Å². The molecule has 0 saturated carbocycles. The smallest absolute Gasteiger partial charge is 0.295 e. The van der Waals surface area contributed by atoms with Gasteiger partial charge in [-0.1, -0.05) is 35.6 Å². The molecular weight excluding hydrogens is 432 g/mol. The van der Waals surface area contributed by atoms with Gasteiger partial charge in [-0.25, -0.2) is 0 Å². The molecule has 0 spiro atoms. The Balaban J connectivity index is 1.77. The van der Waals surface area contributed by atoms with Crippen LogP contribution in [0.25, 0.3) is 5.76 Å². The molecule has 4 rings (SSSR count). The minimum absolute atomic E-state index is 0.0498. The summed E-state index contributed by atoms with van der Waals surface area (Å²) in [6, 6.07) is 10.9. The van der Waals surface area contributed by atoms with Crippen LogP contribution in [-0.2, 0) is 9.59 Å². The molecule has 1 N–H and O–H groups in total. The number of hydrogen-bond acceptors (Lipinski definition) is 5. The second-order valence-corrected chi connectivity index (χ2v) is 8.63. The molecule has 1 unspecified atom stereocenters. The molecule has 2 aromatic carbocycles. The highest BCUT2D eigenvalue weighted by Gasteiger charge is 2.44. The molecule has 2 aromatic rings. The first kappa shape index (κ1) is 22.2. The Morgan fingerprint density at radius 3 is 2.47 bits per heavy atom. The van der Waals surface area contributed by atoms with Gasteiger partial charge in [0.2, 0.25) is 5.78 Å². The Morgan fingerprint density at radius 1 is 1.09 bits per heavy atom. The van der Waals surface area contributed by atoms with Crippen LogP contribution in [0.3, 0.4) is 0 Å². The first-order valence-corrected chi connectivity index (χ1v) is 11.0. The topological polar surface area (TPSA) is 83.3 Å². The Hall–Kier alpha value is -3.03. The van der Waals surface area contributed by atoms with Crippen molar-refractivity contribution in [2.24, 2.45) is 0 Å². The number of carbonyl (C=O) groups is 2. The van der Waals surface area contributed by atoms with Crippen LogP contribution < -0.4 is 19.5 Å². The van der Waals surface area contributed by atoms with E-state index < -0.39 is 23.5 Å². The molecule has 1 saturated heterocycles. The number of carbonyl (C=O) groups excluding carboxylic acids is 2. The summed E-state index contributed by atoms with van der Waals surface area (Å²) >= 11 is 6.04. The van der Waals surface area contributed by atoms with Gasteiger partial charge >= 0.3 is 0 Å². The highest BCUT2D eigenvalue weighted by molar-refractivity contribution is 6.46. The van der Waals surface area contributed by atoms with Crippen LogP contribution in [0.4, 0.5) is 0 Å². The molecule has 0 bridgehead atoms. The number of nitrogens with zero attached hydrogens (tertiary/aromatic N) is 1. The molecular formula is C24H25ClN2O5. The number of ketones is 1. The van der Waals surface area contributed by atoms with Gasteiger partial charge in [-0.2, -0.15) is 0 Å². The lowest BCUT2D eigenvalue weighted by molar-refractivity contribution is -0.858. The molecule has 2 aliphatic heterocycles. The van der Waals surface area contributed by atoms with Gasteiger partial charge in [-0.3, -0.25) is 9.59 Å². The van der Waals surface area contributed by atoms with Gasteiger partial charge in [0.15, 0.2) is 11.5 Å². The average Bonchev–Trinajstić information content (AvgIpc) is 3.03. The predicted molar refractivity (Wildman–Crippen MR) is 118 cm³/mol. The van der Waals surface area contributed by atoms with Crippen molar-refractivity contribution < 1.29 is 29.1 Å². The number of hydrogen-bond donors (Lipinski definition) is 1. The molecule has 8 heteroatoms. The molecule has 1 atom stereocenters. The van der Waals surface area contributed by atoms with E-state index in [1.165, 1.54) is 9.80 Å². The number of fused-ring (bicyclic) bond motifs is 1. The van der Waals surface area contributed by atoms with Crippen LogP contribution in [0.5, 0.6) is 11.5 Å². The molecule has 1 fully saturated rings. The first-order chi connectivity index (χ1) is 15.4. The van der Waals surface area contributed by atoms with Crippen LogP contribution in [0.15, 0.2) is 48.0 Å². The Kier molecular flexibility index (Phi) is 6.39. The van der Waals surface area contributed by atoms with Crippen molar-refractivity contribution >= 4 is 29.1 Å². The van der Waals surface area contributed by atoms with Crippen molar-refractivity contribution in [1.82, 2.24) is 4.90 Å². The van der Waals surface area contributed by atoms with Crippen molar-refractivity contribution in [2.75, 3.05) is 40.4 Å². The fourth-order valence-electron chi connectivity index (χ4n) is 4.04. The van der Waals surface area contributed by atoms with E-state index in [1.807, 2.05) is 14.1 Å². The number of nitrogens with one attached hydrogen (secondary N) is 1. The minimum atomic E-state index is -0.762. The maximum absolute atomic E-state index is 13.5. The van der Waals surface area contributed by atoms with Crippen LogP contribution in [0.1, 0.15) is 23.6 Å². The van der Waals surface area contributed by atoms with E-state index in [-0.39, 0.29) is 11.1 Å². The van der Waals surface area contributed by atoms with E-state index in [0.29, 0.717) is 48.3 Å². The highest BCUT2D eigenvalue weighted by atomic mass is 35.5. The van der Waals surface area contributed by atoms with Crippen molar-refractivity contribution in [3.8, 4) is 11.5 Å². The van der Waals surface area contributed by atoms with Gasteiger partial charge in [0.1, 0.15) is 13.2 Å². The van der Waals surface area contributed by atoms with Gasteiger partial charge < -0.3 is 24.4 Å². The summed E-state index contributed by atoms with van der Waals surface area (Å²) < 4.78 is 11.1. The van der Waals surface area contributed by atoms with E-state index in [9.17, 15) is 14.7 Å². The van der Waals surface area contributed by atoms with Gasteiger partial charge in [0.05, 0.1) is 26.7 Å². The number of halogens is 1. The maximum Gasteiger partial charge on any atom is 0.295 e. The second-order valence-electron chi connectivity index (χ2n) is 8.19. The first-order valence-electron chi connectivity index (χ1n) is 10.6. The number of quaternary nitrogens is 1. The van der Waals surface area contributed by atoms with Crippen LogP contribution >= 0.6 is 11.6 Å². The van der Waals surface area contributed by atoms with E-state index in [4.69, 9.17) is 21.1 Å². The van der Waals surface area contributed by atoms with E-state index >= 15 is 0 Å². The zero-order chi connectivity index (χ0) is 22.8. The van der Waals surface area contributed by atoms with Crippen molar-refractivity contribution in [3.63, 3.8) is 0 Å². The quantitative estimate of drug-likeness (QED) is 0.396. The lowest BCUT2D eigenvalue weighted by atomic mass is 9.95. The van der Waals surface area contributed by atoms with Gasteiger partial charge in [-0.15, -0.1) is 0 Å². The molecule has 0 radical (unpaired) electrons. The zero-order valence-corrected chi connectivity index (χ0v) is 18.8. The fraction of sp³-hybridized carbons (Fsp3) is 0.333. The fourth-order valence-corrected chi connectivity index (χ4v) is 4.16. The van der Waals surface area contributed by atoms with Crippen molar-refractivity contribution in [1.29, 1.82) is 0 Å². The third-order valence-electron chi connectivity index (χ3n) is 5.60. The van der Waals surface area contributed by atoms with Gasteiger partial charge in [0, 0.05) is 23.6 Å². The Bertz CT molecular complexity index is 1060. The van der Waals surface area contributed by atoms with E-state index in [1.54, 1.807) is 42.5 Å². The number of ether oxygens (including phenoxy) is 2. The molecule has 2 aliphatic rings. The van der Waals surface area contributed by atoms with Crippen molar-refractivity contribution in [3.05, 3.63) is 64.2 Å². The van der Waals surface area contributed by atoms with Crippen LogP contribution in [0, 0.1) is 0 Å². The van der Waals surface area contributed by atoms with Crippen LogP contribution in [0.2, 0.25) is 5.02 Å². The SMILES string of the molecule is C[NH+](C)CCCN1C(=O)C(=O)C(=C([O-])c2ccc3c(c2)OCCO3)C1c1ccc(Cl)cc1. The third-order valence-corrected chi connectivity index (χ3v) is 5.85.